The lowest BCUT2D eigenvalue weighted by atomic mass is 10.1. The van der Waals surface area contributed by atoms with E-state index in [9.17, 15) is 18.0 Å². The van der Waals surface area contributed by atoms with Gasteiger partial charge in [-0.3, -0.25) is 9.59 Å². The predicted molar refractivity (Wildman–Crippen MR) is 116 cm³/mol. The van der Waals surface area contributed by atoms with Crippen LogP contribution in [-0.2, 0) is 21.2 Å². The summed E-state index contributed by atoms with van der Waals surface area (Å²) in [5.41, 5.74) is 0.915. The van der Waals surface area contributed by atoms with Crippen molar-refractivity contribution in [1.82, 2.24) is 14.9 Å². The van der Waals surface area contributed by atoms with Crippen LogP contribution in [0.5, 0.6) is 0 Å². The zero-order valence-electron chi connectivity index (χ0n) is 15.8. The zero-order valence-corrected chi connectivity index (χ0v) is 18.2. The van der Waals surface area contributed by atoms with Crippen molar-refractivity contribution in [2.45, 2.75) is 11.3 Å². The quantitative estimate of drug-likeness (QED) is 0.592. The molecule has 29 heavy (non-hydrogen) atoms. The van der Waals surface area contributed by atoms with Crippen LogP contribution < -0.4 is 10.6 Å². The highest BCUT2D eigenvalue weighted by Gasteiger charge is 2.31. The second kappa shape index (κ2) is 10.2. The van der Waals surface area contributed by atoms with Crippen molar-refractivity contribution < 1.29 is 18.0 Å². The molecule has 1 aromatic carbocycles. The molecule has 7 nitrogen and oxygen atoms in total. The third-order valence-corrected chi connectivity index (χ3v) is 8.29. The molecule has 1 fully saturated rings. The van der Waals surface area contributed by atoms with Crippen LogP contribution in [-0.4, -0.2) is 62.2 Å². The largest absolute Gasteiger partial charge is 0.354 e. The minimum Gasteiger partial charge on any atom is -0.354 e. The normalized spacial score (nSPS) is 15.0. The second-order valence-corrected chi connectivity index (χ2v) is 10.4. The summed E-state index contributed by atoms with van der Waals surface area (Å²) in [6, 6.07) is 10.9. The van der Waals surface area contributed by atoms with Crippen LogP contribution in [0.25, 0.3) is 0 Å². The lowest BCUT2D eigenvalue weighted by molar-refractivity contribution is -0.120. The van der Waals surface area contributed by atoms with Crippen LogP contribution >= 0.6 is 23.1 Å². The number of carbonyl (C=O) groups excluding carboxylic acids is 2. The smallest absolute Gasteiger partial charge is 0.262 e. The Balaban J connectivity index is 1.50. The molecule has 156 valence electrons. The van der Waals surface area contributed by atoms with Crippen LogP contribution in [0, 0.1) is 0 Å². The van der Waals surface area contributed by atoms with Gasteiger partial charge in [0.2, 0.25) is 15.9 Å². The number of nitrogens with one attached hydrogen (secondary N) is 2. The van der Waals surface area contributed by atoms with Crippen molar-refractivity contribution in [1.29, 1.82) is 0 Å². The van der Waals surface area contributed by atoms with E-state index < -0.39 is 15.9 Å². The Bertz CT molecular complexity index is 939. The first-order valence-corrected chi connectivity index (χ1v) is 12.7. The fourth-order valence-electron chi connectivity index (χ4n) is 2.89. The third-order valence-electron chi connectivity index (χ3n) is 4.36. The first-order valence-electron chi connectivity index (χ1n) is 9.22. The molecule has 1 aliphatic rings. The van der Waals surface area contributed by atoms with Crippen molar-refractivity contribution in [2.24, 2.45) is 0 Å². The van der Waals surface area contributed by atoms with Crippen LogP contribution in [0.3, 0.4) is 0 Å². The summed E-state index contributed by atoms with van der Waals surface area (Å²) in [4.78, 5) is 24.7. The van der Waals surface area contributed by atoms with Gasteiger partial charge in [-0.2, -0.15) is 16.1 Å². The highest BCUT2D eigenvalue weighted by molar-refractivity contribution is 7.99. The van der Waals surface area contributed by atoms with Crippen LogP contribution in [0.4, 0.5) is 0 Å². The minimum atomic E-state index is -3.67. The van der Waals surface area contributed by atoms with Gasteiger partial charge in [0.05, 0.1) is 6.42 Å². The molecule has 0 spiro atoms. The van der Waals surface area contributed by atoms with E-state index in [4.69, 9.17) is 0 Å². The van der Waals surface area contributed by atoms with E-state index in [1.807, 2.05) is 30.3 Å². The summed E-state index contributed by atoms with van der Waals surface area (Å²) in [5, 5.41) is 7.05. The Labute approximate surface area is 178 Å². The summed E-state index contributed by atoms with van der Waals surface area (Å²) >= 11 is 2.83. The topological polar surface area (TPSA) is 95.6 Å². The Kier molecular flexibility index (Phi) is 7.70. The second-order valence-electron chi connectivity index (χ2n) is 6.40. The lowest BCUT2D eigenvalue weighted by Gasteiger charge is -2.25. The van der Waals surface area contributed by atoms with Crippen molar-refractivity contribution >= 4 is 44.9 Å². The first-order chi connectivity index (χ1) is 14.0. The molecular weight excluding hydrogens is 430 g/mol. The fourth-order valence-corrected chi connectivity index (χ4v) is 6.79. The summed E-state index contributed by atoms with van der Waals surface area (Å²) in [6.07, 6.45) is 0.274. The van der Waals surface area contributed by atoms with Gasteiger partial charge in [-0.15, -0.1) is 11.3 Å². The molecule has 0 saturated carbocycles. The van der Waals surface area contributed by atoms with Gasteiger partial charge >= 0.3 is 0 Å². The average Bonchev–Trinajstić information content (AvgIpc) is 3.23. The maximum atomic E-state index is 12.9. The van der Waals surface area contributed by atoms with Crippen LogP contribution in [0.2, 0.25) is 0 Å². The van der Waals surface area contributed by atoms with E-state index in [1.165, 1.54) is 10.4 Å². The van der Waals surface area contributed by atoms with E-state index in [0.717, 1.165) is 28.4 Å². The van der Waals surface area contributed by atoms with Gasteiger partial charge in [0.25, 0.3) is 5.91 Å². The van der Waals surface area contributed by atoms with Crippen LogP contribution in [0.1, 0.15) is 15.2 Å². The molecule has 2 aromatic rings. The van der Waals surface area contributed by atoms with E-state index in [1.54, 1.807) is 17.1 Å². The van der Waals surface area contributed by atoms with Crippen molar-refractivity contribution in [3.05, 3.63) is 52.2 Å². The number of benzene rings is 1. The van der Waals surface area contributed by atoms with Crippen LogP contribution in [0.15, 0.2) is 46.7 Å². The minimum absolute atomic E-state index is 0.0556. The number of nitrogens with zero attached hydrogens (tertiary/aromatic N) is 1. The van der Waals surface area contributed by atoms with Gasteiger partial charge in [0, 0.05) is 37.7 Å². The molecule has 1 aliphatic heterocycles. The van der Waals surface area contributed by atoms with Crippen molar-refractivity contribution in [3.8, 4) is 0 Å². The van der Waals surface area contributed by atoms with Gasteiger partial charge in [0.15, 0.2) is 0 Å². The Morgan fingerprint density at radius 3 is 2.41 bits per heavy atom. The Hall–Kier alpha value is -1.88. The summed E-state index contributed by atoms with van der Waals surface area (Å²) in [6.45, 7) is 1.40. The van der Waals surface area contributed by atoms with Gasteiger partial charge in [-0.25, -0.2) is 8.42 Å². The molecular formula is C19H23N3O4S3. The van der Waals surface area contributed by atoms with E-state index in [-0.39, 0.29) is 35.2 Å². The molecule has 0 aliphatic carbocycles. The lowest BCUT2D eigenvalue weighted by Crippen LogP contribution is -2.39. The summed E-state index contributed by atoms with van der Waals surface area (Å²) in [7, 11) is -3.67. The van der Waals surface area contributed by atoms with Gasteiger partial charge in [-0.1, -0.05) is 30.3 Å². The molecule has 0 bridgehead atoms. The van der Waals surface area contributed by atoms with E-state index in [2.05, 4.69) is 10.6 Å². The van der Waals surface area contributed by atoms with E-state index >= 15 is 0 Å². The maximum absolute atomic E-state index is 12.9. The monoisotopic (exact) mass is 453 g/mol. The average molecular weight is 454 g/mol. The van der Waals surface area contributed by atoms with Gasteiger partial charge < -0.3 is 10.6 Å². The molecule has 0 radical (unpaired) electrons. The molecule has 0 atom stereocenters. The highest BCUT2D eigenvalue weighted by atomic mass is 32.2. The molecule has 2 N–H and O–H groups in total. The molecule has 1 saturated heterocycles. The fraction of sp³-hybridized carbons (Fsp3) is 0.368. The standard InChI is InChI=1S/C19H23N3O4S3/c23-17(14-15-4-2-1-3-5-15)20-7-8-21-19(24)18-16(6-11-28-18)29(25,26)22-9-12-27-13-10-22/h1-6,11H,7-10,12-14H2,(H,20,23)(H,21,24). The SMILES string of the molecule is O=C(Cc1ccccc1)NCCNC(=O)c1sccc1S(=O)(=O)N1CCSCC1. The maximum Gasteiger partial charge on any atom is 0.262 e. The number of thioether (sulfide) groups is 1. The number of sulfonamides is 1. The first kappa shape index (κ1) is 21.8. The van der Waals surface area contributed by atoms with E-state index in [0.29, 0.717) is 13.1 Å². The molecule has 2 amide bonds. The predicted octanol–water partition coefficient (Wildman–Crippen LogP) is 1.57. The van der Waals surface area contributed by atoms with Gasteiger partial charge in [-0.05, 0) is 17.0 Å². The van der Waals surface area contributed by atoms with Crippen molar-refractivity contribution in [3.63, 3.8) is 0 Å². The third kappa shape index (κ3) is 5.81. The molecule has 1 aromatic heterocycles. The molecule has 0 unspecified atom stereocenters. The molecule has 2 heterocycles. The number of hydrogen-bond acceptors (Lipinski definition) is 6. The highest BCUT2D eigenvalue weighted by Crippen LogP contribution is 2.27. The number of thiophene rings is 1. The Morgan fingerprint density at radius 2 is 1.69 bits per heavy atom. The summed E-state index contributed by atoms with van der Waals surface area (Å²) < 4.78 is 27.1. The molecule has 3 rings (SSSR count). The molecule has 10 heteroatoms. The number of hydrogen-bond donors (Lipinski definition) is 2. The number of carbonyl (C=O) groups is 2. The number of rotatable bonds is 8. The van der Waals surface area contributed by atoms with Gasteiger partial charge in [0.1, 0.15) is 9.77 Å². The number of amides is 2. The zero-order chi connectivity index (χ0) is 20.7. The Morgan fingerprint density at radius 1 is 1.00 bits per heavy atom. The summed E-state index contributed by atoms with van der Waals surface area (Å²) in [5.74, 6) is 0.941. The van der Waals surface area contributed by atoms with Crippen molar-refractivity contribution in [2.75, 3.05) is 37.7 Å².